The van der Waals surface area contributed by atoms with Crippen molar-refractivity contribution in [3.8, 4) is 0 Å². The molecule has 1 amide bonds. The predicted octanol–water partition coefficient (Wildman–Crippen LogP) is 1.94. The first-order valence-electron chi connectivity index (χ1n) is 6.96. The van der Waals surface area contributed by atoms with Gasteiger partial charge in [-0.1, -0.05) is 6.92 Å². The Bertz CT molecular complexity index is 576. The standard InChI is InChI=1S/C14H21NO4S/c1-3-11-6-7-13(19-11)12-5-4-9-15(12)14(16)8-10-20(2,17)18/h6-7,12H,3-5,8-10H2,1-2H3/t12-/m0/s1. The van der Waals surface area contributed by atoms with E-state index in [1.807, 2.05) is 19.1 Å². The van der Waals surface area contributed by atoms with Crippen LogP contribution in [0.2, 0.25) is 0 Å². The maximum Gasteiger partial charge on any atom is 0.224 e. The zero-order chi connectivity index (χ0) is 14.8. The lowest BCUT2D eigenvalue weighted by molar-refractivity contribution is -0.132. The molecule has 0 bridgehead atoms. The maximum atomic E-state index is 12.2. The van der Waals surface area contributed by atoms with E-state index in [0.717, 1.165) is 37.0 Å². The molecule has 0 saturated carbocycles. The van der Waals surface area contributed by atoms with Crippen LogP contribution >= 0.6 is 0 Å². The maximum absolute atomic E-state index is 12.2. The topological polar surface area (TPSA) is 67.6 Å². The number of amides is 1. The first-order chi connectivity index (χ1) is 9.40. The van der Waals surface area contributed by atoms with E-state index in [4.69, 9.17) is 4.42 Å². The molecule has 1 fully saturated rings. The van der Waals surface area contributed by atoms with E-state index >= 15 is 0 Å². The Morgan fingerprint density at radius 1 is 1.45 bits per heavy atom. The third-order valence-electron chi connectivity index (χ3n) is 3.62. The molecule has 0 unspecified atom stereocenters. The van der Waals surface area contributed by atoms with Crippen molar-refractivity contribution in [3.63, 3.8) is 0 Å². The minimum atomic E-state index is -3.10. The van der Waals surface area contributed by atoms with Gasteiger partial charge in [0.2, 0.25) is 5.91 Å². The Hall–Kier alpha value is -1.30. The molecule has 1 aromatic heterocycles. The quantitative estimate of drug-likeness (QED) is 0.833. The highest BCUT2D eigenvalue weighted by Gasteiger charge is 2.32. The van der Waals surface area contributed by atoms with Gasteiger partial charge in [0.15, 0.2) is 0 Å². The summed E-state index contributed by atoms with van der Waals surface area (Å²) in [7, 11) is -3.10. The molecular formula is C14H21NO4S. The lowest BCUT2D eigenvalue weighted by Gasteiger charge is -2.23. The number of aryl methyl sites for hydroxylation is 1. The van der Waals surface area contributed by atoms with Crippen LogP contribution in [0.5, 0.6) is 0 Å². The summed E-state index contributed by atoms with van der Waals surface area (Å²) in [6, 6.07) is 3.82. The molecule has 112 valence electrons. The van der Waals surface area contributed by atoms with Gasteiger partial charge in [0, 0.05) is 25.6 Å². The molecule has 1 saturated heterocycles. The van der Waals surface area contributed by atoms with Gasteiger partial charge in [0.05, 0.1) is 11.8 Å². The van der Waals surface area contributed by atoms with Gasteiger partial charge >= 0.3 is 0 Å². The second-order valence-corrected chi connectivity index (χ2v) is 7.54. The Morgan fingerprint density at radius 2 is 2.20 bits per heavy atom. The molecule has 1 aliphatic rings. The van der Waals surface area contributed by atoms with E-state index in [9.17, 15) is 13.2 Å². The van der Waals surface area contributed by atoms with E-state index in [2.05, 4.69) is 0 Å². The molecule has 1 aromatic rings. The average Bonchev–Trinajstić information content (AvgIpc) is 3.02. The lowest BCUT2D eigenvalue weighted by atomic mass is 10.1. The fourth-order valence-electron chi connectivity index (χ4n) is 2.54. The largest absolute Gasteiger partial charge is 0.464 e. The number of furan rings is 1. The summed E-state index contributed by atoms with van der Waals surface area (Å²) in [5, 5.41) is 0. The molecule has 20 heavy (non-hydrogen) atoms. The van der Waals surface area contributed by atoms with Crippen LogP contribution in [0.4, 0.5) is 0 Å². The Kier molecular flexibility index (Phi) is 4.52. The highest BCUT2D eigenvalue weighted by Crippen LogP contribution is 2.33. The van der Waals surface area contributed by atoms with Crippen LogP contribution in [0.3, 0.4) is 0 Å². The number of hydrogen-bond donors (Lipinski definition) is 0. The number of nitrogens with zero attached hydrogens (tertiary/aromatic N) is 1. The summed E-state index contributed by atoms with van der Waals surface area (Å²) in [6.07, 6.45) is 3.84. The SMILES string of the molecule is CCc1ccc([C@@H]2CCCN2C(=O)CCS(C)(=O)=O)o1. The van der Waals surface area contributed by atoms with E-state index in [1.165, 1.54) is 0 Å². The summed E-state index contributed by atoms with van der Waals surface area (Å²) in [4.78, 5) is 13.9. The number of sulfone groups is 1. The van der Waals surface area contributed by atoms with Crippen molar-refractivity contribution in [1.29, 1.82) is 0 Å². The summed E-state index contributed by atoms with van der Waals surface area (Å²) >= 11 is 0. The van der Waals surface area contributed by atoms with Gasteiger partial charge in [-0.15, -0.1) is 0 Å². The highest BCUT2D eigenvalue weighted by atomic mass is 32.2. The van der Waals surface area contributed by atoms with Crippen molar-refractivity contribution in [1.82, 2.24) is 4.90 Å². The minimum Gasteiger partial charge on any atom is -0.464 e. The zero-order valence-electron chi connectivity index (χ0n) is 12.0. The third kappa shape index (κ3) is 3.62. The Labute approximate surface area is 119 Å². The van der Waals surface area contributed by atoms with Crippen molar-refractivity contribution >= 4 is 15.7 Å². The predicted molar refractivity (Wildman–Crippen MR) is 76.1 cm³/mol. The van der Waals surface area contributed by atoms with E-state index in [-0.39, 0.29) is 24.1 Å². The first-order valence-corrected chi connectivity index (χ1v) is 9.02. The fraction of sp³-hybridized carbons (Fsp3) is 0.643. The van der Waals surface area contributed by atoms with Crippen LogP contribution in [-0.2, 0) is 21.1 Å². The van der Waals surface area contributed by atoms with Crippen molar-refractivity contribution in [2.24, 2.45) is 0 Å². The molecule has 0 aliphatic carbocycles. The van der Waals surface area contributed by atoms with Crippen LogP contribution in [0, 0.1) is 0 Å². The van der Waals surface area contributed by atoms with Crippen molar-refractivity contribution < 1.29 is 17.6 Å². The molecule has 0 radical (unpaired) electrons. The van der Waals surface area contributed by atoms with E-state index in [0.29, 0.717) is 6.54 Å². The van der Waals surface area contributed by atoms with Crippen molar-refractivity contribution in [2.75, 3.05) is 18.6 Å². The third-order valence-corrected chi connectivity index (χ3v) is 4.56. The van der Waals surface area contributed by atoms with Gasteiger partial charge in [0.1, 0.15) is 21.4 Å². The second-order valence-electron chi connectivity index (χ2n) is 5.28. The van der Waals surface area contributed by atoms with Gasteiger partial charge in [0.25, 0.3) is 0 Å². The lowest BCUT2D eigenvalue weighted by Crippen LogP contribution is -2.31. The van der Waals surface area contributed by atoms with Gasteiger partial charge < -0.3 is 9.32 Å². The molecule has 2 heterocycles. The number of carbonyl (C=O) groups is 1. The van der Waals surface area contributed by atoms with E-state index in [1.54, 1.807) is 4.90 Å². The van der Waals surface area contributed by atoms with Crippen LogP contribution in [0.15, 0.2) is 16.5 Å². The molecule has 1 atom stereocenters. The summed E-state index contributed by atoms with van der Waals surface area (Å²) in [5.74, 6) is 1.53. The molecule has 6 heteroatoms. The van der Waals surface area contributed by atoms with E-state index < -0.39 is 9.84 Å². The summed E-state index contributed by atoms with van der Waals surface area (Å²) in [6.45, 7) is 2.70. The number of carbonyl (C=O) groups excluding carboxylic acids is 1. The van der Waals surface area contributed by atoms with Crippen LogP contribution in [0.1, 0.15) is 43.7 Å². The van der Waals surface area contributed by atoms with Crippen LogP contribution < -0.4 is 0 Å². The monoisotopic (exact) mass is 299 g/mol. The van der Waals surface area contributed by atoms with Crippen molar-refractivity contribution in [3.05, 3.63) is 23.7 Å². The molecule has 0 spiro atoms. The fourth-order valence-corrected chi connectivity index (χ4v) is 3.09. The number of hydrogen-bond acceptors (Lipinski definition) is 4. The van der Waals surface area contributed by atoms with Gasteiger partial charge in [-0.2, -0.15) is 0 Å². The van der Waals surface area contributed by atoms with Gasteiger partial charge in [-0.3, -0.25) is 4.79 Å². The minimum absolute atomic E-state index is 0.0395. The van der Waals surface area contributed by atoms with Crippen LogP contribution in [-0.4, -0.2) is 37.8 Å². The highest BCUT2D eigenvalue weighted by molar-refractivity contribution is 7.90. The van der Waals surface area contributed by atoms with Crippen LogP contribution in [0.25, 0.3) is 0 Å². The normalized spacial score (nSPS) is 19.5. The molecule has 1 aliphatic heterocycles. The smallest absolute Gasteiger partial charge is 0.224 e. The molecule has 5 nitrogen and oxygen atoms in total. The second kappa shape index (κ2) is 5.99. The average molecular weight is 299 g/mol. The molecule has 0 N–H and O–H groups in total. The summed E-state index contributed by atoms with van der Waals surface area (Å²) < 4.78 is 28.0. The molecular weight excluding hydrogens is 278 g/mol. The summed E-state index contributed by atoms with van der Waals surface area (Å²) in [5.41, 5.74) is 0. The Balaban J connectivity index is 2.05. The van der Waals surface area contributed by atoms with Gasteiger partial charge in [-0.25, -0.2) is 8.42 Å². The van der Waals surface area contributed by atoms with Crippen molar-refractivity contribution in [2.45, 2.75) is 38.6 Å². The molecule has 2 rings (SSSR count). The first kappa shape index (κ1) is 15.1. The van der Waals surface area contributed by atoms with Gasteiger partial charge in [-0.05, 0) is 25.0 Å². The zero-order valence-corrected chi connectivity index (χ0v) is 12.8. The number of likely N-dealkylation sites (tertiary alicyclic amines) is 1. The molecule has 0 aromatic carbocycles. The Morgan fingerprint density at radius 3 is 2.80 bits per heavy atom. The number of rotatable bonds is 5.